The Morgan fingerprint density at radius 2 is 1.85 bits per heavy atom. The number of halogens is 1. The Hall–Kier alpha value is -1.87. The van der Waals surface area contributed by atoms with Gasteiger partial charge in [-0.1, -0.05) is 12.1 Å². The van der Waals surface area contributed by atoms with Crippen molar-refractivity contribution in [3.8, 4) is 5.75 Å². The van der Waals surface area contributed by atoms with Gasteiger partial charge in [-0.2, -0.15) is 0 Å². The fourth-order valence-corrected chi connectivity index (χ4v) is 2.07. The van der Waals surface area contributed by atoms with Crippen molar-refractivity contribution in [2.24, 2.45) is 0 Å². The maximum Gasteiger partial charge on any atom is 0.123 e. The van der Waals surface area contributed by atoms with Crippen molar-refractivity contribution in [1.82, 2.24) is 0 Å². The minimum atomic E-state index is -0.484. The van der Waals surface area contributed by atoms with Gasteiger partial charge in [-0.15, -0.1) is 0 Å². The molecule has 0 aliphatic heterocycles. The first kappa shape index (κ1) is 14.5. The van der Waals surface area contributed by atoms with Gasteiger partial charge in [0.1, 0.15) is 18.2 Å². The number of benzene rings is 2. The second-order valence-electron chi connectivity index (χ2n) is 5.06. The molecule has 0 heterocycles. The Labute approximate surface area is 118 Å². The van der Waals surface area contributed by atoms with Crippen LogP contribution in [0, 0.1) is 19.7 Å². The maximum atomic E-state index is 13.0. The van der Waals surface area contributed by atoms with Crippen LogP contribution in [0.2, 0.25) is 0 Å². The summed E-state index contributed by atoms with van der Waals surface area (Å²) in [6, 6.07) is 10.3. The molecule has 1 atom stereocenters. The largest absolute Gasteiger partial charge is 0.489 e. The van der Waals surface area contributed by atoms with Gasteiger partial charge in [0.2, 0.25) is 0 Å². The van der Waals surface area contributed by atoms with Crippen LogP contribution in [0.1, 0.15) is 35.3 Å². The summed E-state index contributed by atoms with van der Waals surface area (Å²) in [6.07, 6.45) is -0.484. The Morgan fingerprint density at radius 1 is 1.10 bits per heavy atom. The van der Waals surface area contributed by atoms with Gasteiger partial charge in [0.15, 0.2) is 0 Å². The lowest BCUT2D eigenvalue weighted by Gasteiger charge is -2.13. The fourth-order valence-electron chi connectivity index (χ4n) is 2.07. The molecule has 0 aliphatic carbocycles. The summed E-state index contributed by atoms with van der Waals surface area (Å²) in [6.45, 7) is 5.95. The van der Waals surface area contributed by atoms with Crippen molar-refractivity contribution in [2.75, 3.05) is 0 Å². The van der Waals surface area contributed by atoms with Gasteiger partial charge in [0.25, 0.3) is 0 Å². The molecule has 0 bridgehead atoms. The van der Waals surface area contributed by atoms with E-state index in [0.29, 0.717) is 6.61 Å². The number of hydrogen-bond donors (Lipinski definition) is 1. The molecular weight excluding hydrogens is 255 g/mol. The minimum absolute atomic E-state index is 0.233. The highest BCUT2D eigenvalue weighted by Crippen LogP contribution is 2.24. The van der Waals surface area contributed by atoms with E-state index in [2.05, 4.69) is 0 Å². The van der Waals surface area contributed by atoms with Crippen LogP contribution in [0.5, 0.6) is 5.75 Å². The molecule has 0 aliphatic rings. The van der Waals surface area contributed by atoms with Crippen molar-refractivity contribution in [3.05, 3.63) is 64.5 Å². The van der Waals surface area contributed by atoms with Gasteiger partial charge in [-0.25, -0.2) is 4.39 Å². The average Bonchev–Trinajstić information content (AvgIpc) is 2.38. The monoisotopic (exact) mass is 274 g/mol. The average molecular weight is 274 g/mol. The van der Waals surface area contributed by atoms with E-state index in [1.54, 1.807) is 13.0 Å². The van der Waals surface area contributed by atoms with Gasteiger partial charge in [0.05, 0.1) is 6.10 Å². The Kier molecular flexibility index (Phi) is 4.40. The lowest BCUT2D eigenvalue weighted by Crippen LogP contribution is -2.00. The third kappa shape index (κ3) is 3.36. The van der Waals surface area contributed by atoms with Gasteiger partial charge < -0.3 is 9.84 Å². The first-order chi connectivity index (χ1) is 9.47. The number of aryl methyl sites for hydroxylation is 2. The first-order valence-corrected chi connectivity index (χ1v) is 6.64. The summed E-state index contributed by atoms with van der Waals surface area (Å²) in [5.41, 5.74) is 3.68. The van der Waals surface area contributed by atoms with Crippen molar-refractivity contribution < 1.29 is 14.2 Å². The van der Waals surface area contributed by atoms with Gasteiger partial charge in [-0.3, -0.25) is 0 Å². The van der Waals surface area contributed by atoms with E-state index in [1.807, 2.05) is 32.0 Å². The topological polar surface area (TPSA) is 29.5 Å². The zero-order chi connectivity index (χ0) is 14.7. The highest BCUT2D eigenvalue weighted by atomic mass is 19.1. The Balaban J connectivity index is 2.11. The van der Waals surface area contributed by atoms with E-state index in [0.717, 1.165) is 28.0 Å². The van der Waals surface area contributed by atoms with E-state index in [-0.39, 0.29) is 5.82 Å². The van der Waals surface area contributed by atoms with Crippen LogP contribution in [-0.4, -0.2) is 5.11 Å². The summed E-state index contributed by atoms with van der Waals surface area (Å²) >= 11 is 0. The van der Waals surface area contributed by atoms with Crippen LogP contribution >= 0.6 is 0 Å². The predicted molar refractivity (Wildman–Crippen MR) is 77.3 cm³/mol. The molecular formula is C17H19FO2. The Morgan fingerprint density at radius 3 is 2.45 bits per heavy atom. The molecule has 0 radical (unpaired) electrons. The van der Waals surface area contributed by atoms with E-state index in [9.17, 15) is 9.50 Å². The molecule has 2 rings (SSSR count). The van der Waals surface area contributed by atoms with Crippen LogP contribution in [0.25, 0.3) is 0 Å². The maximum absolute atomic E-state index is 13.0. The second kappa shape index (κ2) is 6.06. The van der Waals surface area contributed by atoms with Crippen LogP contribution in [0.15, 0.2) is 36.4 Å². The third-order valence-electron chi connectivity index (χ3n) is 3.37. The molecule has 20 heavy (non-hydrogen) atoms. The minimum Gasteiger partial charge on any atom is -0.489 e. The third-order valence-corrected chi connectivity index (χ3v) is 3.37. The van der Waals surface area contributed by atoms with E-state index in [1.165, 1.54) is 12.1 Å². The predicted octanol–water partition coefficient (Wildman–Crippen LogP) is 4.07. The lowest BCUT2D eigenvalue weighted by molar-refractivity contribution is 0.199. The van der Waals surface area contributed by atoms with Crippen molar-refractivity contribution >= 4 is 0 Å². The molecule has 3 heteroatoms. The molecule has 2 aromatic rings. The van der Waals surface area contributed by atoms with Crippen LogP contribution < -0.4 is 4.74 Å². The molecule has 0 saturated carbocycles. The summed E-state index contributed by atoms with van der Waals surface area (Å²) in [5, 5.41) is 9.53. The van der Waals surface area contributed by atoms with E-state index < -0.39 is 6.10 Å². The molecule has 2 nitrogen and oxygen atoms in total. The quantitative estimate of drug-likeness (QED) is 0.910. The number of ether oxygens (including phenoxy) is 1. The number of rotatable bonds is 4. The SMILES string of the molecule is Cc1cc(F)ccc1COc1ccc([C@H](C)O)cc1C. The molecule has 0 spiro atoms. The molecule has 106 valence electrons. The highest BCUT2D eigenvalue weighted by molar-refractivity contribution is 5.37. The van der Waals surface area contributed by atoms with E-state index >= 15 is 0 Å². The highest BCUT2D eigenvalue weighted by Gasteiger charge is 2.06. The molecule has 1 N–H and O–H groups in total. The smallest absolute Gasteiger partial charge is 0.123 e. The zero-order valence-electron chi connectivity index (χ0n) is 12.0. The van der Waals surface area contributed by atoms with Gasteiger partial charge in [0, 0.05) is 0 Å². The van der Waals surface area contributed by atoms with E-state index in [4.69, 9.17) is 4.74 Å². The van der Waals surface area contributed by atoms with Gasteiger partial charge >= 0.3 is 0 Å². The molecule has 0 saturated heterocycles. The van der Waals surface area contributed by atoms with Crippen LogP contribution in [-0.2, 0) is 6.61 Å². The fraction of sp³-hybridized carbons (Fsp3) is 0.294. The summed E-state index contributed by atoms with van der Waals surface area (Å²) in [7, 11) is 0. The van der Waals surface area contributed by atoms with Crippen LogP contribution in [0.4, 0.5) is 4.39 Å². The number of aliphatic hydroxyl groups is 1. The molecule has 0 aromatic heterocycles. The first-order valence-electron chi connectivity index (χ1n) is 6.64. The number of hydrogen-bond acceptors (Lipinski definition) is 2. The standard InChI is InChI=1S/C17H19FO2/c1-11-9-16(18)6-4-15(11)10-20-17-7-5-14(13(3)19)8-12(17)2/h4-9,13,19H,10H2,1-3H3/t13-/m0/s1. The second-order valence-corrected chi connectivity index (χ2v) is 5.06. The molecule has 0 fully saturated rings. The lowest BCUT2D eigenvalue weighted by atomic mass is 10.1. The van der Waals surface area contributed by atoms with Crippen molar-refractivity contribution in [3.63, 3.8) is 0 Å². The van der Waals surface area contributed by atoms with Crippen molar-refractivity contribution in [1.29, 1.82) is 0 Å². The summed E-state index contributed by atoms with van der Waals surface area (Å²) in [4.78, 5) is 0. The molecule has 0 unspecified atom stereocenters. The van der Waals surface area contributed by atoms with Gasteiger partial charge in [-0.05, 0) is 67.3 Å². The summed E-state index contributed by atoms with van der Waals surface area (Å²) in [5.74, 6) is 0.543. The summed E-state index contributed by atoms with van der Waals surface area (Å²) < 4.78 is 18.8. The number of aliphatic hydroxyl groups excluding tert-OH is 1. The Bertz CT molecular complexity index is 606. The van der Waals surface area contributed by atoms with Crippen molar-refractivity contribution in [2.45, 2.75) is 33.5 Å². The molecule has 2 aromatic carbocycles. The van der Waals surface area contributed by atoms with Crippen LogP contribution in [0.3, 0.4) is 0 Å². The zero-order valence-corrected chi connectivity index (χ0v) is 12.0. The molecule has 0 amide bonds. The normalized spacial score (nSPS) is 12.2.